The van der Waals surface area contributed by atoms with Crippen molar-refractivity contribution in [3.63, 3.8) is 0 Å². The highest BCUT2D eigenvalue weighted by Crippen LogP contribution is 2.64. The number of hydrogen-bond donors (Lipinski definition) is 4. The van der Waals surface area contributed by atoms with Crippen molar-refractivity contribution in [3.8, 4) is 0 Å². The first-order valence-electron chi connectivity index (χ1n) is 14.6. The van der Waals surface area contributed by atoms with Crippen LogP contribution in [0.5, 0.6) is 0 Å². The molecular formula is C30H48O10. The number of carbonyl (C=O) groups excluding carboxylic acids is 2. The summed E-state index contributed by atoms with van der Waals surface area (Å²) < 4.78 is 22.9. The van der Waals surface area contributed by atoms with Gasteiger partial charge in [0.1, 0.15) is 37.1 Å². The van der Waals surface area contributed by atoms with Crippen LogP contribution in [0.4, 0.5) is 0 Å². The largest absolute Gasteiger partial charge is 0.462 e. The molecule has 4 aliphatic rings. The van der Waals surface area contributed by atoms with Crippen molar-refractivity contribution in [2.75, 3.05) is 13.2 Å². The number of rotatable bonds is 7. The Bertz CT molecular complexity index is 978. The van der Waals surface area contributed by atoms with Crippen molar-refractivity contribution in [3.05, 3.63) is 11.6 Å². The fourth-order valence-electron chi connectivity index (χ4n) is 8.32. The van der Waals surface area contributed by atoms with Gasteiger partial charge in [0.05, 0.1) is 12.7 Å². The predicted molar refractivity (Wildman–Crippen MR) is 144 cm³/mol. The summed E-state index contributed by atoms with van der Waals surface area (Å²) in [5, 5.41) is 40.5. The summed E-state index contributed by atoms with van der Waals surface area (Å²) in [5.41, 5.74) is 0.677. The Kier molecular flexibility index (Phi) is 9.11. The Morgan fingerprint density at radius 3 is 2.33 bits per heavy atom. The predicted octanol–water partition coefficient (Wildman–Crippen LogP) is 2.25. The van der Waals surface area contributed by atoms with Crippen molar-refractivity contribution in [2.24, 2.45) is 28.1 Å². The van der Waals surface area contributed by atoms with Gasteiger partial charge in [-0.25, -0.2) is 0 Å². The van der Waals surface area contributed by atoms with Crippen LogP contribution in [0, 0.1) is 28.1 Å². The van der Waals surface area contributed by atoms with Crippen LogP contribution in [0.2, 0.25) is 0 Å². The summed E-state index contributed by atoms with van der Waals surface area (Å²) in [5.74, 6) is -0.118. The quantitative estimate of drug-likeness (QED) is 0.204. The first-order chi connectivity index (χ1) is 18.6. The van der Waals surface area contributed by atoms with Crippen LogP contribution in [0.3, 0.4) is 0 Å². The van der Waals surface area contributed by atoms with Crippen LogP contribution in [0.15, 0.2) is 11.6 Å². The molecule has 228 valence electrons. The van der Waals surface area contributed by atoms with Crippen molar-refractivity contribution >= 4 is 11.9 Å². The number of esters is 2. The van der Waals surface area contributed by atoms with Crippen molar-refractivity contribution in [1.29, 1.82) is 0 Å². The summed E-state index contributed by atoms with van der Waals surface area (Å²) in [6.45, 7) is 11.1. The van der Waals surface area contributed by atoms with Crippen LogP contribution >= 0.6 is 0 Å². The second kappa shape index (κ2) is 11.6. The Balaban J connectivity index is 1.52. The summed E-state index contributed by atoms with van der Waals surface area (Å²) in [6.07, 6.45) is 0.243. The molecule has 40 heavy (non-hydrogen) atoms. The maximum atomic E-state index is 11.9. The molecular weight excluding hydrogens is 520 g/mol. The fraction of sp³-hybridized carbons (Fsp3) is 0.867. The van der Waals surface area contributed by atoms with E-state index < -0.39 is 60.8 Å². The molecule has 0 amide bonds. The SMILES string of the molecule is CC(=O)OCC(OC(C)=O)[C@]1(C)C=C2CC[C@H]3C(C)(C)C(OC4OC(CO)C(O)C(O)C4O)CC[C@@]3(C)[C@@H]2CC1. The van der Waals surface area contributed by atoms with E-state index in [0.717, 1.165) is 38.5 Å². The second-order valence-electron chi connectivity index (χ2n) is 13.5. The molecule has 10 heteroatoms. The van der Waals surface area contributed by atoms with E-state index in [4.69, 9.17) is 18.9 Å². The molecule has 0 radical (unpaired) electrons. The highest BCUT2D eigenvalue weighted by molar-refractivity contribution is 5.67. The van der Waals surface area contributed by atoms with Gasteiger partial charge in [0, 0.05) is 19.3 Å². The third kappa shape index (κ3) is 5.72. The summed E-state index contributed by atoms with van der Waals surface area (Å²) in [7, 11) is 0. The maximum Gasteiger partial charge on any atom is 0.303 e. The Hall–Kier alpha value is -1.56. The van der Waals surface area contributed by atoms with E-state index in [1.54, 1.807) is 0 Å². The van der Waals surface area contributed by atoms with Gasteiger partial charge in [0.15, 0.2) is 6.29 Å². The molecule has 0 spiro atoms. The van der Waals surface area contributed by atoms with Gasteiger partial charge in [0.25, 0.3) is 0 Å². The van der Waals surface area contributed by atoms with Gasteiger partial charge >= 0.3 is 11.9 Å². The highest BCUT2D eigenvalue weighted by Gasteiger charge is 2.59. The molecule has 4 N–H and O–H groups in total. The van der Waals surface area contributed by atoms with E-state index in [0.29, 0.717) is 11.8 Å². The first kappa shape index (κ1) is 31.4. The van der Waals surface area contributed by atoms with Gasteiger partial charge in [-0.3, -0.25) is 9.59 Å². The normalized spacial score (nSPS) is 43.5. The van der Waals surface area contributed by atoms with Crippen molar-refractivity contribution in [1.82, 2.24) is 0 Å². The van der Waals surface area contributed by atoms with Crippen LogP contribution in [0.25, 0.3) is 0 Å². The highest BCUT2D eigenvalue weighted by atomic mass is 16.7. The lowest BCUT2D eigenvalue weighted by atomic mass is 9.45. The molecule has 3 aliphatic carbocycles. The lowest BCUT2D eigenvalue weighted by Crippen LogP contribution is -2.62. The molecule has 7 unspecified atom stereocenters. The Morgan fingerprint density at radius 1 is 1.00 bits per heavy atom. The number of carbonyl (C=O) groups is 2. The molecule has 1 aliphatic heterocycles. The van der Waals surface area contributed by atoms with E-state index in [9.17, 15) is 30.0 Å². The third-order valence-corrected chi connectivity index (χ3v) is 10.5. The Morgan fingerprint density at radius 2 is 1.70 bits per heavy atom. The van der Waals surface area contributed by atoms with E-state index in [2.05, 4.69) is 33.8 Å². The van der Waals surface area contributed by atoms with E-state index in [-0.39, 0.29) is 23.5 Å². The minimum Gasteiger partial charge on any atom is -0.462 e. The number of hydrogen-bond acceptors (Lipinski definition) is 10. The molecule has 0 aromatic heterocycles. The summed E-state index contributed by atoms with van der Waals surface area (Å²) in [4.78, 5) is 23.4. The zero-order chi connectivity index (χ0) is 29.6. The van der Waals surface area contributed by atoms with E-state index in [1.165, 1.54) is 19.4 Å². The zero-order valence-corrected chi connectivity index (χ0v) is 24.7. The smallest absolute Gasteiger partial charge is 0.303 e. The average Bonchev–Trinajstić information content (AvgIpc) is 2.87. The monoisotopic (exact) mass is 568 g/mol. The van der Waals surface area contributed by atoms with Gasteiger partial charge in [-0.2, -0.15) is 0 Å². The summed E-state index contributed by atoms with van der Waals surface area (Å²) in [6, 6.07) is 0. The van der Waals surface area contributed by atoms with Gasteiger partial charge in [-0.1, -0.05) is 39.3 Å². The van der Waals surface area contributed by atoms with Gasteiger partial charge < -0.3 is 39.4 Å². The minimum absolute atomic E-state index is 0.0109. The van der Waals surface area contributed by atoms with Crippen LogP contribution in [0.1, 0.15) is 80.1 Å². The maximum absolute atomic E-state index is 11.9. The zero-order valence-electron chi connectivity index (χ0n) is 24.7. The topological polar surface area (TPSA) is 152 Å². The molecule has 2 saturated carbocycles. The molecule has 3 fully saturated rings. The lowest BCUT2D eigenvalue weighted by Gasteiger charge is -2.62. The lowest BCUT2D eigenvalue weighted by molar-refractivity contribution is -0.327. The third-order valence-electron chi connectivity index (χ3n) is 10.5. The second-order valence-corrected chi connectivity index (χ2v) is 13.5. The number of ether oxygens (including phenoxy) is 4. The molecule has 1 heterocycles. The van der Waals surface area contributed by atoms with Gasteiger partial charge in [0.2, 0.25) is 0 Å². The van der Waals surface area contributed by atoms with Crippen LogP contribution < -0.4 is 0 Å². The molecule has 1 saturated heterocycles. The average molecular weight is 569 g/mol. The number of aliphatic hydroxyl groups is 4. The molecule has 0 aromatic rings. The van der Waals surface area contributed by atoms with Crippen LogP contribution in [-0.2, 0) is 28.5 Å². The molecule has 10 nitrogen and oxygen atoms in total. The number of allylic oxidation sites excluding steroid dienone is 1. The fourth-order valence-corrected chi connectivity index (χ4v) is 8.32. The number of fused-ring (bicyclic) bond motifs is 3. The standard InChI is InChI=1S/C30H48O10/c1-16(32)37-15-23(38-17(2)33)29(5)11-9-19-18(13-29)7-8-21-28(3,4)22(10-12-30(19,21)6)40-27-26(36)25(35)24(34)20(14-31)39-27/h13,19-27,31,34-36H,7-12,14-15H2,1-6H3/t19-,20?,21+,22?,23?,24?,25?,26?,27?,29+,30+/m1/s1. The molecule has 0 aromatic carbocycles. The molecule has 11 atom stereocenters. The van der Waals surface area contributed by atoms with E-state index in [1.807, 2.05) is 0 Å². The molecule has 0 bridgehead atoms. The minimum atomic E-state index is -1.47. The molecule has 4 rings (SSSR count). The van der Waals surface area contributed by atoms with Crippen LogP contribution in [-0.4, -0.2) is 88.5 Å². The van der Waals surface area contributed by atoms with Crippen molar-refractivity contribution < 1.29 is 49.0 Å². The Labute approximate surface area is 237 Å². The van der Waals surface area contributed by atoms with Gasteiger partial charge in [-0.15, -0.1) is 0 Å². The van der Waals surface area contributed by atoms with Crippen molar-refractivity contribution in [2.45, 2.75) is 123 Å². The first-order valence-corrected chi connectivity index (χ1v) is 14.6. The van der Waals surface area contributed by atoms with E-state index >= 15 is 0 Å². The summed E-state index contributed by atoms with van der Waals surface area (Å²) >= 11 is 0. The van der Waals surface area contributed by atoms with Gasteiger partial charge in [-0.05, 0) is 61.2 Å². The number of aliphatic hydroxyl groups excluding tert-OH is 4.